The van der Waals surface area contributed by atoms with Gasteiger partial charge in [0.05, 0.1) is 6.04 Å². The van der Waals surface area contributed by atoms with E-state index in [0.717, 1.165) is 0 Å². The van der Waals surface area contributed by atoms with Crippen LogP contribution in [-0.4, -0.2) is 54.3 Å². The molecule has 0 aromatic rings. The van der Waals surface area contributed by atoms with Crippen LogP contribution in [0.4, 0.5) is 0 Å². The summed E-state index contributed by atoms with van der Waals surface area (Å²) in [6.07, 6.45) is -0.149. The SMILES string of the molecule is CNC(C(=O)CC(N)(C(=O)O)C(C)C)C(C)C.[LiH]. The van der Waals surface area contributed by atoms with E-state index in [1.165, 1.54) is 0 Å². The number of hydrogen-bond donors (Lipinski definition) is 3. The zero-order valence-electron chi connectivity index (χ0n) is 11.3. The quantitative estimate of drug-likeness (QED) is 0.554. The Hall–Kier alpha value is -0.343. The van der Waals surface area contributed by atoms with Gasteiger partial charge in [-0.25, -0.2) is 0 Å². The van der Waals surface area contributed by atoms with E-state index in [9.17, 15) is 9.59 Å². The van der Waals surface area contributed by atoms with Gasteiger partial charge in [0.15, 0.2) is 5.78 Å². The zero-order valence-corrected chi connectivity index (χ0v) is 11.3. The van der Waals surface area contributed by atoms with Crippen molar-refractivity contribution in [2.24, 2.45) is 17.6 Å². The van der Waals surface area contributed by atoms with E-state index in [1.54, 1.807) is 20.9 Å². The number of carbonyl (C=O) groups excluding carboxylic acids is 1. The van der Waals surface area contributed by atoms with Crippen LogP contribution in [0.1, 0.15) is 34.1 Å². The molecule has 0 spiro atoms. The number of rotatable bonds is 7. The first-order valence-corrected chi connectivity index (χ1v) is 5.89. The van der Waals surface area contributed by atoms with Crippen molar-refractivity contribution in [2.45, 2.75) is 45.7 Å². The zero-order chi connectivity index (χ0) is 13.8. The molecule has 18 heavy (non-hydrogen) atoms. The minimum atomic E-state index is -1.49. The topological polar surface area (TPSA) is 92.4 Å². The first-order valence-electron chi connectivity index (χ1n) is 5.89. The van der Waals surface area contributed by atoms with Gasteiger partial charge in [0.1, 0.15) is 5.54 Å². The third-order valence-corrected chi connectivity index (χ3v) is 3.22. The van der Waals surface area contributed by atoms with Crippen LogP contribution >= 0.6 is 0 Å². The van der Waals surface area contributed by atoms with Crippen LogP contribution in [0.5, 0.6) is 0 Å². The molecule has 4 N–H and O–H groups in total. The van der Waals surface area contributed by atoms with Gasteiger partial charge in [-0.15, -0.1) is 0 Å². The Morgan fingerprint density at radius 3 is 1.94 bits per heavy atom. The summed E-state index contributed by atoms with van der Waals surface area (Å²) in [7, 11) is 1.69. The Morgan fingerprint density at radius 1 is 1.28 bits per heavy atom. The fourth-order valence-corrected chi connectivity index (χ4v) is 1.79. The normalized spacial score (nSPS) is 16.0. The van der Waals surface area contributed by atoms with Crippen LogP contribution in [0.15, 0.2) is 0 Å². The Balaban J connectivity index is 0. The molecular weight excluding hydrogens is 227 g/mol. The van der Waals surface area contributed by atoms with Crippen LogP contribution in [0.3, 0.4) is 0 Å². The second kappa shape index (κ2) is 7.95. The van der Waals surface area contributed by atoms with Gasteiger partial charge in [-0.3, -0.25) is 9.59 Å². The van der Waals surface area contributed by atoms with Crippen molar-refractivity contribution in [3.8, 4) is 0 Å². The number of aliphatic carboxylic acids is 1. The van der Waals surface area contributed by atoms with Gasteiger partial charge in [-0.1, -0.05) is 27.7 Å². The van der Waals surface area contributed by atoms with Gasteiger partial charge >= 0.3 is 24.8 Å². The summed E-state index contributed by atoms with van der Waals surface area (Å²) in [4.78, 5) is 23.2. The minimum absolute atomic E-state index is 0. The monoisotopic (exact) mass is 252 g/mol. The van der Waals surface area contributed by atoms with E-state index in [1.807, 2.05) is 13.8 Å². The second-order valence-corrected chi connectivity index (χ2v) is 5.15. The van der Waals surface area contributed by atoms with Gasteiger partial charge in [-0.05, 0) is 18.9 Å². The maximum atomic E-state index is 12.0. The molecule has 0 fully saturated rings. The summed E-state index contributed by atoms with van der Waals surface area (Å²) in [5, 5.41) is 12.1. The molecule has 0 saturated carbocycles. The van der Waals surface area contributed by atoms with Crippen molar-refractivity contribution in [1.29, 1.82) is 0 Å². The van der Waals surface area contributed by atoms with Crippen molar-refractivity contribution >= 4 is 30.6 Å². The number of hydrogen-bond acceptors (Lipinski definition) is 4. The van der Waals surface area contributed by atoms with Crippen molar-refractivity contribution in [3.63, 3.8) is 0 Å². The summed E-state index contributed by atoms with van der Waals surface area (Å²) in [5.41, 5.74) is 4.34. The Bertz CT molecular complexity index is 295. The molecule has 6 heteroatoms. The number of carboxylic acids is 1. The first-order chi connectivity index (χ1) is 7.66. The van der Waals surface area contributed by atoms with Crippen molar-refractivity contribution in [2.75, 3.05) is 7.05 Å². The molecule has 2 unspecified atom stereocenters. The summed E-state index contributed by atoms with van der Waals surface area (Å²) in [6, 6.07) is -0.351. The van der Waals surface area contributed by atoms with E-state index >= 15 is 0 Å². The van der Waals surface area contributed by atoms with E-state index in [-0.39, 0.29) is 48.9 Å². The molecule has 0 bridgehead atoms. The number of likely N-dealkylation sites (N-methyl/N-ethyl adjacent to an activating group) is 1. The number of carbonyl (C=O) groups is 2. The molecule has 0 aliphatic carbocycles. The third-order valence-electron chi connectivity index (χ3n) is 3.22. The number of Topliss-reactive ketones (excluding diaryl/α,β-unsaturated/α-hetero) is 1. The van der Waals surface area contributed by atoms with Crippen molar-refractivity contribution < 1.29 is 14.7 Å². The fourth-order valence-electron chi connectivity index (χ4n) is 1.79. The van der Waals surface area contributed by atoms with Gasteiger partial charge in [0.2, 0.25) is 0 Å². The summed E-state index contributed by atoms with van der Waals surface area (Å²) >= 11 is 0. The van der Waals surface area contributed by atoms with Gasteiger partial charge in [0.25, 0.3) is 0 Å². The predicted octanol–water partition coefficient (Wildman–Crippen LogP) is -0.0208. The van der Waals surface area contributed by atoms with Crippen LogP contribution < -0.4 is 11.1 Å². The van der Waals surface area contributed by atoms with Crippen molar-refractivity contribution in [1.82, 2.24) is 5.32 Å². The van der Waals surface area contributed by atoms with Crippen molar-refractivity contribution in [3.05, 3.63) is 0 Å². The van der Waals surface area contributed by atoms with E-state index in [4.69, 9.17) is 10.8 Å². The molecule has 0 aromatic heterocycles. The molecule has 0 aliphatic heterocycles. The molecule has 102 valence electrons. The Morgan fingerprint density at radius 2 is 1.72 bits per heavy atom. The maximum absolute atomic E-state index is 12.0. The molecular formula is C12H25LiN2O3. The summed E-state index contributed by atoms with van der Waals surface area (Å²) in [5.74, 6) is -1.47. The average molecular weight is 252 g/mol. The Kier molecular flexibility index (Phi) is 8.83. The third kappa shape index (κ3) is 4.73. The Labute approximate surface area is 121 Å². The number of carboxylic acid groups (broad SMARTS) is 1. The summed E-state index contributed by atoms with van der Waals surface area (Å²) in [6.45, 7) is 7.25. The van der Waals surface area contributed by atoms with Gasteiger partial charge in [-0.2, -0.15) is 0 Å². The van der Waals surface area contributed by atoms with Crippen LogP contribution in [0, 0.1) is 11.8 Å². The number of nitrogens with one attached hydrogen (secondary N) is 1. The average Bonchev–Trinajstić information content (AvgIpc) is 2.16. The van der Waals surface area contributed by atoms with Gasteiger partial charge < -0.3 is 16.2 Å². The molecule has 0 amide bonds. The van der Waals surface area contributed by atoms with Crippen LogP contribution in [0.2, 0.25) is 0 Å². The molecule has 0 aliphatic rings. The van der Waals surface area contributed by atoms with Crippen LogP contribution in [-0.2, 0) is 9.59 Å². The second-order valence-electron chi connectivity index (χ2n) is 5.15. The standard InChI is InChI=1S/C12H24N2O3.Li.H/c1-7(2)10(14-5)9(15)6-12(13,8(3)4)11(16)17;;/h7-8,10,14H,6,13H2,1-5H3,(H,16,17);;. The van der Waals surface area contributed by atoms with E-state index < -0.39 is 11.5 Å². The first kappa shape index (κ1) is 20.0. The molecule has 0 rings (SSSR count). The molecule has 2 atom stereocenters. The van der Waals surface area contributed by atoms with E-state index in [0.29, 0.717) is 0 Å². The fraction of sp³-hybridized carbons (Fsp3) is 0.833. The summed E-state index contributed by atoms with van der Waals surface area (Å²) < 4.78 is 0. The molecule has 5 nitrogen and oxygen atoms in total. The van der Waals surface area contributed by atoms with Gasteiger partial charge in [0, 0.05) is 6.42 Å². The van der Waals surface area contributed by atoms with Crippen LogP contribution in [0.25, 0.3) is 0 Å². The predicted molar refractivity (Wildman–Crippen MR) is 73.9 cm³/mol. The molecule has 0 radical (unpaired) electrons. The molecule has 0 aromatic carbocycles. The number of ketones is 1. The molecule has 0 heterocycles. The number of nitrogens with two attached hydrogens (primary N) is 1. The van der Waals surface area contributed by atoms with E-state index in [2.05, 4.69) is 5.32 Å². The molecule has 0 saturated heterocycles.